The summed E-state index contributed by atoms with van der Waals surface area (Å²) in [6.07, 6.45) is 1.67. The molecule has 7 heteroatoms. The number of ether oxygens (including phenoxy) is 2. The van der Waals surface area contributed by atoms with Crippen molar-refractivity contribution in [2.45, 2.75) is 24.8 Å². The monoisotopic (exact) mass is 390 g/mol. The smallest absolute Gasteiger partial charge is 0.230 e. The van der Waals surface area contributed by atoms with Crippen LogP contribution < -0.4 is 14.8 Å². The van der Waals surface area contributed by atoms with Gasteiger partial charge in [0.15, 0.2) is 11.5 Å². The largest absolute Gasteiger partial charge is 0.486 e. The van der Waals surface area contributed by atoms with Gasteiger partial charge in [0.1, 0.15) is 19.0 Å². The Morgan fingerprint density at radius 3 is 2.67 bits per heavy atom. The van der Waals surface area contributed by atoms with Crippen LogP contribution in [0.5, 0.6) is 11.5 Å². The topological polar surface area (TPSA) is 63.9 Å². The zero-order valence-electron chi connectivity index (χ0n) is 15.8. The molecule has 27 heavy (non-hydrogen) atoms. The second-order valence-corrected chi connectivity index (χ2v) is 7.20. The normalized spacial score (nSPS) is 14.2. The molecule has 0 fully saturated rings. The lowest BCUT2D eigenvalue weighted by atomic mass is 10.2. The SMILES string of the molecule is CCN(CC)C(CNC(=O)CSc1ccc2c(c1)OCCO2)c1ccco1. The van der Waals surface area contributed by atoms with Gasteiger partial charge in [0.05, 0.1) is 18.1 Å². The van der Waals surface area contributed by atoms with Crippen LogP contribution >= 0.6 is 11.8 Å². The molecule has 0 saturated heterocycles. The highest BCUT2D eigenvalue weighted by atomic mass is 32.2. The van der Waals surface area contributed by atoms with E-state index in [1.807, 2.05) is 30.3 Å². The van der Waals surface area contributed by atoms with Gasteiger partial charge < -0.3 is 19.2 Å². The Labute approximate surface area is 164 Å². The van der Waals surface area contributed by atoms with Crippen LogP contribution in [0.15, 0.2) is 45.9 Å². The number of thioether (sulfide) groups is 1. The molecular formula is C20H26N2O4S. The molecule has 2 aromatic rings. The predicted molar refractivity (Wildman–Crippen MR) is 106 cm³/mol. The summed E-state index contributed by atoms with van der Waals surface area (Å²) in [5.41, 5.74) is 0. The first-order valence-corrected chi connectivity index (χ1v) is 10.3. The summed E-state index contributed by atoms with van der Waals surface area (Å²) in [7, 11) is 0. The van der Waals surface area contributed by atoms with Crippen molar-refractivity contribution in [1.29, 1.82) is 0 Å². The number of carbonyl (C=O) groups is 1. The number of amides is 1. The molecule has 0 bridgehead atoms. The average Bonchev–Trinajstić information content (AvgIpc) is 3.24. The number of hydrogen-bond acceptors (Lipinski definition) is 6. The van der Waals surface area contributed by atoms with Crippen molar-refractivity contribution in [2.75, 3.05) is 38.6 Å². The number of fused-ring (bicyclic) bond motifs is 1. The molecule has 1 aromatic carbocycles. The Balaban J connectivity index is 1.52. The van der Waals surface area contributed by atoms with Crippen LogP contribution in [0.25, 0.3) is 0 Å². The first kappa shape index (κ1) is 19.6. The number of nitrogens with zero attached hydrogens (tertiary/aromatic N) is 1. The molecule has 1 aliphatic rings. The van der Waals surface area contributed by atoms with Gasteiger partial charge in [-0.25, -0.2) is 0 Å². The number of carbonyl (C=O) groups excluding carboxylic acids is 1. The van der Waals surface area contributed by atoms with Gasteiger partial charge in [-0.3, -0.25) is 9.69 Å². The van der Waals surface area contributed by atoms with Gasteiger partial charge in [-0.05, 0) is 43.4 Å². The zero-order chi connectivity index (χ0) is 19.1. The van der Waals surface area contributed by atoms with Crippen LogP contribution in [-0.2, 0) is 4.79 Å². The number of benzene rings is 1. The fourth-order valence-electron chi connectivity index (χ4n) is 3.08. The second kappa shape index (κ2) is 9.71. The summed E-state index contributed by atoms with van der Waals surface area (Å²) in [6.45, 7) is 7.66. The molecule has 0 spiro atoms. The molecule has 3 rings (SSSR count). The summed E-state index contributed by atoms with van der Waals surface area (Å²) >= 11 is 1.49. The summed E-state index contributed by atoms with van der Waals surface area (Å²) in [5.74, 6) is 2.72. The summed E-state index contributed by atoms with van der Waals surface area (Å²) in [6, 6.07) is 9.64. The summed E-state index contributed by atoms with van der Waals surface area (Å²) in [5, 5.41) is 3.04. The number of rotatable bonds is 9. The molecule has 0 saturated carbocycles. The molecule has 0 radical (unpaired) electrons. The van der Waals surface area contributed by atoms with E-state index in [0.29, 0.717) is 25.5 Å². The van der Waals surface area contributed by atoms with Crippen LogP contribution in [0.3, 0.4) is 0 Å². The van der Waals surface area contributed by atoms with Crippen LogP contribution in [0.2, 0.25) is 0 Å². The minimum absolute atomic E-state index is 0.00130. The molecule has 1 aromatic heterocycles. The lowest BCUT2D eigenvalue weighted by Crippen LogP contribution is -2.38. The quantitative estimate of drug-likeness (QED) is 0.663. The molecule has 1 amide bonds. The maximum absolute atomic E-state index is 12.3. The maximum Gasteiger partial charge on any atom is 0.230 e. The minimum atomic E-state index is -0.00130. The van der Waals surface area contributed by atoms with Gasteiger partial charge >= 0.3 is 0 Å². The highest BCUT2D eigenvalue weighted by molar-refractivity contribution is 8.00. The van der Waals surface area contributed by atoms with Crippen LogP contribution in [0.1, 0.15) is 25.6 Å². The molecule has 2 heterocycles. The van der Waals surface area contributed by atoms with Gasteiger partial charge in [0.2, 0.25) is 5.91 Å². The van der Waals surface area contributed by atoms with Crippen molar-refractivity contribution in [3.8, 4) is 11.5 Å². The van der Waals surface area contributed by atoms with E-state index in [4.69, 9.17) is 13.9 Å². The van der Waals surface area contributed by atoms with Gasteiger partial charge in [0, 0.05) is 11.4 Å². The minimum Gasteiger partial charge on any atom is -0.486 e. The molecule has 0 aliphatic carbocycles. The van der Waals surface area contributed by atoms with Crippen LogP contribution in [-0.4, -0.2) is 49.4 Å². The van der Waals surface area contributed by atoms with Crippen molar-refractivity contribution < 1.29 is 18.7 Å². The highest BCUT2D eigenvalue weighted by Crippen LogP contribution is 2.34. The van der Waals surface area contributed by atoms with Gasteiger partial charge in [0.25, 0.3) is 0 Å². The van der Waals surface area contributed by atoms with Crippen molar-refractivity contribution >= 4 is 17.7 Å². The third-order valence-corrected chi connectivity index (χ3v) is 5.49. The Morgan fingerprint density at radius 1 is 1.19 bits per heavy atom. The van der Waals surface area contributed by atoms with E-state index in [1.165, 1.54) is 11.8 Å². The molecule has 6 nitrogen and oxygen atoms in total. The third-order valence-electron chi connectivity index (χ3n) is 4.50. The Hall–Kier alpha value is -2.12. The Morgan fingerprint density at radius 2 is 1.96 bits per heavy atom. The lowest BCUT2D eigenvalue weighted by Gasteiger charge is -2.28. The van der Waals surface area contributed by atoms with E-state index in [2.05, 4.69) is 24.1 Å². The molecule has 1 atom stereocenters. The summed E-state index contributed by atoms with van der Waals surface area (Å²) < 4.78 is 16.7. The van der Waals surface area contributed by atoms with Gasteiger partial charge in [-0.15, -0.1) is 11.8 Å². The van der Waals surface area contributed by atoms with Crippen molar-refractivity contribution in [3.63, 3.8) is 0 Å². The van der Waals surface area contributed by atoms with Crippen molar-refractivity contribution in [2.24, 2.45) is 0 Å². The van der Waals surface area contributed by atoms with Crippen LogP contribution in [0.4, 0.5) is 0 Å². The summed E-state index contributed by atoms with van der Waals surface area (Å²) in [4.78, 5) is 15.6. The van der Waals surface area contributed by atoms with E-state index in [-0.39, 0.29) is 11.9 Å². The fourth-order valence-corrected chi connectivity index (χ4v) is 3.83. The van der Waals surface area contributed by atoms with Crippen molar-refractivity contribution in [1.82, 2.24) is 10.2 Å². The van der Waals surface area contributed by atoms with Crippen LogP contribution in [0, 0.1) is 0 Å². The number of furan rings is 1. The van der Waals surface area contributed by atoms with E-state index >= 15 is 0 Å². The van der Waals surface area contributed by atoms with E-state index < -0.39 is 0 Å². The average molecular weight is 391 g/mol. The van der Waals surface area contributed by atoms with Gasteiger partial charge in [-0.2, -0.15) is 0 Å². The number of nitrogens with one attached hydrogen (secondary N) is 1. The molecular weight excluding hydrogens is 364 g/mol. The molecule has 1 N–H and O–H groups in total. The molecule has 146 valence electrons. The first-order valence-electron chi connectivity index (χ1n) is 9.27. The number of hydrogen-bond donors (Lipinski definition) is 1. The first-order chi connectivity index (χ1) is 13.2. The van der Waals surface area contributed by atoms with Gasteiger partial charge in [-0.1, -0.05) is 13.8 Å². The molecule has 1 unspecified atom stereocenters. The number of likely N-dealkylation sites (N-methyl/N-ethyl adjacent to an activating group) is 1. The maximum atomic E-state index is 12.3. The van der Waals surface area contributed by atoms with E-state index in [1.54, 1.807) is 6.26 Å². The predicted octanol–water partition coefficient (Wildman–Crippen LogP) is 3.34. The fraction of sp³-hybridized carbons (Fsp3) is 0.450. The Bertz CT molecular complexity index is 732. The second-order valence-electron chi connectivity index (χ2n) is 6.15. The third kappa shape index (κ3) is 5.20. The highest BCUT2D eigenvalue weighted by Gasteiger charge is 2.21. The molecule has 1 aliphatic heterocycles. The standard InChI is InChI=1S/C20H26N2O4S/c1-3-22(4-2)16(17-6-5-9-24-17)13-21-20(23)14-27-15-7-8-18-19(12-15)26-11-10-25-18/h5-9,12,16H,3-4,10-11,13-14H2,1-2H3,(H,21,23). The van der Waals surface area contributed by atoms with Crippen molar-refractivity contribution in [3.05, 3.63) is 42.4 Å². The van der Waals surface area contributed by atoms with E-state index in [0.717, 1.165) is 35.2 Å². The zero-order valence-corrected chi connectivity index (χ0v) is 16.6. The lowest BCUT2D eigenvalue weighted by molar-refractivity contribution is -0.118. The van der Waals surface area contributed by atoms with E-state index in [9.17, 15) is 4.79 Å². The Kier molecular flexibility index (Phi) is 7.06.